The lowest BCUT2D eigenvalue weighted by molar-refractivity contribution is -0.129. The van der Waals surface area contributed by atoms with Gasteiger partial charge in [-0.05, 0) is 19.4 Å². The maximum atomic E-state index is 11.4. The monoisotopic (exact) mass is 171 g/mol. The highest BCUT2D eigenvalue weighted by molar-refractivity contribution is 5.78. The molecule has 1 rings (SSSR count). The van der Waals surface area contributed by atoms with Crippen LogP contribution in [0.3, 0.4) is 0 Å². The highest BCUT2D eigenvalue weighted by Gasteiger charge is 2.20. The fourth-order valence-corrected chi connectivity index (χ4v) is 1.39. The molecule has 0 aromatic carbocycles. The molecule has 1 atom stereocenters. The number of hydrazine groups is 1. The minimum atomic E-state index is 0.132. The first kappa shape index (κ1) is 9.48. The van der Waals surface area contributed by atoms with E-state index in [0.717, 1.165) is 25.9 Å². The van der Waals surface area contributed by atoms with E-state index in [2.05, 4.69) is 10.7 Å². The van der Waals surface area contributed by atoms with Crippen LogP contribution in [0, 0.1) is 5.92 Å². The van der Waals surface area contributed by atoms with Crippen molar-refractivity contribution in [3.05, 3.63) is 0 Å². The minimum Gasteiger partial charge on any atom is -0.316 e. The smallest absolute Gasteiger partial charge is 0.238 e. The Kier molecular flexibility index (Phi) is 3.49. The van der Waals surface area contributed by atoms with Gasteiger partial charge in [0.1, 0.15) is 0 Å². The van der Waals surface area contributed by atoms with Crippen LogP contribution in [0.2, 0.25) is 0 Å². The molecule has 0 aromatic rings. The van der Waals surface area contributed by atoms with E-state index in [1.54, 1.807) is 5.01 Å². The van der Waals surface area contributed by atoms with Crippen molar-refractivity contribution in [2.45, 2.75) is 12.8 Å². The normalized spacial score (nSPS) is 24.1. The number of amides is 1. The van der Waals surface area contributed by atoms with Crippen LogP contribution >= 0.6 is 0 Å². The van der Waals surface area contributed by atoms with Crippen molar-refractivity contribution in [1.82, 2.24) is 15.8 Å². The van der Waals surface area contributed by atoms with Gasteiger partial charge in [-0.1, -0.05) is 0 Å². The Morgan fingerprint density at radius 3 is 2.83 bits per heavy atom. The van der Waals surface area contributed by atoms with Crippen molar-refractivity contribution in [1.29, 1.82) is 0 Å². The predicted molar refractivity (Wildman–Crippen MR) is 47.4 cm³/mol. The average Bonchev–Trinajstić information content (AvgIpc) is 2.05. The van der Waals surface area contributed by atoms with Crippen LogP contribution in [0.4, 0.5) is 0 Å². The molecule has 0 radical (unpaired) electrons. The lowest BCUT2D eigenvalue weighted by Gasteiger charge is -2.23. The first-order valence-electron chi connectivity index (χ1n) is 4.38. The summed E-state index contributed by atoms with van der Waals surface area (Å²) in [5.74, 6) is 0.286. The number of carbonyl (C=O) groups excluding carboxylic acids is 1. The fourth-order valence-electron chi connectivity index (χ4n) is 1.39. The highest BCUT2D eigenvalue weighted by atomic mass is 16.2. The maximum Gasteiger partial charge on any atom is 0.238 e. The molecule has 0 saturated carbocycles. The molecular weight excluding hydrogens is 154 g/mol. The average molecular weight is 171 g/mol. The van der Waals surface area contributed by atoms with Gasteiger partial charge in [0.15, 0.2) is 0 Å². The van der Waals surface area contributed by atoms with E-state index in [1.165, 1.54) is 0 Å². The Balaban J connectivity index is 2.30. The van der Waals surface area contributed by atoms with E-state index in [4.69, 9.17) is 0 Å². The van der Waals surface area contributed by atoms with E-state index in [9.17, 15) is 4.79 Å². The molecule has 4 heteroatoms. The second kappa shape index (κ2) is 4.42. The largest absolute Gasteiger partial charge is 0.316 e. The minimum absolute atomic E-state index is 0.132. The molecule has 70 valence electrons. The molecular formula is C8H17N3O. The van der Waals surface area contributed by atoms with E-state index in [0.29, 0.717) is 0 Å². The highest BCUT2D eigenvalue weighted by Crippen LogP contribution is 2.09. The summed E-state index contributed by atoms with van der Waals surface area (Å²) in [5, 5.41) is 4.90. The zero-order valence-corrected chi connectivity index (χ0v) is 7.76. The third-order valence-electron chi connectivity index (χ3n) is 2.00. The van der Waals surface area contributed by atoms with Crippen molar-refractivity contribution in [2.24, 2.45) is 5.92 Å². The molecule has 1 aliphatic heterocycles. The summed E-state index contributed by atoms with van der Waals surface area (Å²) in [6.45, 7) is 1.87. The number of hydrogen-bond acceptors (Lipinski definition) is 3. The van der Waals surface area contributed by atoms with Gasteiger partial charge < -0.3 is 5.32 Å². The SMILES string of the molecule is CN(C)NC(=O)C1CCCNC1. The topological polar surface area (TPSA) is 44.4 Å². The standard InChI is InChI=1S/C8H17N3O/c1-11(2)10-8(12)7-4-3-5-9-6-7/h7,9H,3-6H2,1-2H3,(H,10,12). The number of nitrogens with zero attached hydrogens (tertiary/aromatic N) is 1. The lowest BCUT2D eigenvalue weighted by atomic mass is 9.99. The van der Waals surface area contributed by atoms with Crippen LogP contribution in [0.5, 0.6) is 0 Å². The van der Waals surface area contributed by atoms with E-state index in [1.807, 2.05) is 14.1 Å². The Labute approximate surface area is 73.3 Å². The van der Waals surface area contributed by atoms with Crippen LogP contribution in [0.25, 0.3) is 0 Å². The van der Waals surface area contributed by atoms with Crippen LogP contribution in [0.15, 0.2) is 0 Å². The van der Waals surface area contributed by atoms with Crippen molar-refractivity contribution < 1.29 is 4.79 Å². The second-order valence-electron chi connectivity index (χ2n) is 3.41. The molecule has 1 fully saturated rings. The summed E-state index contributed by atoms with van der Waals surface area (Å²) in [6, 6.07) is 0. The van der Waals surface area contributed by atoms with Gasteiger partial charge in [0.25, 0.3) is 0 Å². The molecule has 1 unspecified atom stereocenters. The van der Waals surface area contributed by atoms with Crippen molar-refractivity contribution in [3.63, 3.8) is 0 Å². The van der Waals surface area contributed by atoms with Crippen LogP contribution in [0.1, 0.15) is 12.8 Å². The molecule has 1 saturated heterocycles. The number of rotatable bonds is 2. The lowest BCUT2D eigenvalue weighted by Crippen LogP contribution is -2.45. The molecule has 0 spiro atoms. The Morgan fingerprint density at radius 1 is 1.58 bits per heavy atom. The zero-order chi connectivity index (χ0) is 8.97. The number of piperidine rings is 1. The molecule has 1 heterocycles. The van der Waals surface area contributed by atoms with Gasteiger partial charge in [-0.15, -0.1) is 0 Å². The first-order chi connectivity index (χ1) is 5.70. The van der Waals surface area contributed by atoms with Gasteiger partial charge in [-0.3, -0.25) is 10.2 Å². The van der Waals surface area contributed by atoms with Gasteiger partial charge in [0.2, 0.25) is 5.91 Å². The molecule has 2 N–H and O–H groups in total. The summed E-state index contributed by atoms with van der Waals surface area (Å²) in [5.41, 5.74) is 2.77. The van der Waals surface area contributed by atoms with Crippen LogP contribution < -0.4 is 10.7 Å². The summed E-state index contributed by atoms with van der Waals surface area (Å²) in [4.78, 5) is 11.4. The number of hydrogen-bond donors (Lipinski definition) is 2. The van der Waals surface area contributed by atoms with E-state index in [-0.39, 0.29) is 11.8 Å². The quantitative estimate of drug-likeness (QED) is 0.555. The number of nitrogens with one attached hydrogen (secondary N) is 2. The van der Waals surface area contributed by atoms with Crippen LogP contribution in [-0.2, 0) is 4.79 Å². The molecule has 4 nitrogen and oxygen atoms in total. The molecule has 0 bridgehead atoms. The van der Waals surface area contributed by atoms with Gasteiger partial charge in [-0.25, -0.2) is 5.01 Å². The number of carbonyl (C=O) groups is 1. The van der Waals surface area contributed by atoms with Crippen LogP contribution in [-0.4, -0.2) is 38.1 Å². The Hall–Kier alpha value is -0.610. The molecule has 12 heavy (non-hydrogen) atoms. The van der Waals surface area contributed by atoms with Gasteiger partial charge >= 0.3 is 0 Å². The molecule has 0 aromatic heterocycles. The van der Waals surface area contributed by atoms with E-state index < -0.39 is 0 Å². The molecule has 1 aliphatic rings. The predicted octanol–water partition coefficient (Wildman–Crippen LogP) is -0.421. The van der Waals surface area contributed by atoms with E-state index >= 15 is 0 Å². The summed E-state index contributed by atoms with van der Waals surface area (Å²) < 4.78 is 0. The maximum absolute atomic E-state index is 11.4. The fraction of sp³-hybridized carbons (Fsp3) is 0.875. The van der Waals surface area contributed by atoms with Crippen molar-refractivity contribution in [3.8, 4) is 0 Å². The molecule has 1 amide bonds. The molecule has 0 aliphatic carbocycles. The third kappa shape index (κ3) is 2.79. The zero-order valence-electron chi connectivity index (χ0n) is 7.76. The summed E-state index contributed by atoms with van der Waals surface area (Å²) >= 11 is 0. The van der Waals surface area contributed by atoms with Gasteiger partial charge in [0, 0.05) is 20.6 Å². The van der Waals surface area contributed by atoms with Gasteiger partial charge in [0.05, 0.1) is 5.92 Å². The Morgan fingerprint density at radius 2 is 2.33 bits per heavy atom. The Bertz CT molecular complexity index is 152. The van der Waals surface area contributed by atoms with Crippen molar-refractivity contribution in [2.75, 3.05) is 27.2 Å². The summed E-state index contributed by atoms with van der Waals surface area (Å²) in [7, 11) is 3.66. The van der Waals surface area contributed by atoms with Gasteiger partial charge in [-0.2, -0.15) is 0 Å². The summed E-state index contributed by atoms with van der Waals surface area (Å²) in [6.07, 6.45) is 2.11. The third-order valence-corrected chi connectivity index (χ3v) is 2.00. The van der Waals surface area contributed by atoms with Crippen molar-refractivity contribution >= 4 is 5.91 Å². The first-order valence-corrected chi connectivity index (χ1v) is 4.38. The second-order valence-corrected chi connectivity index (χ2v) is 3.41.